The molecule has 1 saturated carbocycles. The van der Waals surface area contributed by atoms with Gasteiger partial charge >= 0.3 is 0 Å². The van der Waals surface area contributed by atoms with Crippen molar-refractivity contribution < 1.29 is 36.2 Å². The Hall–Kier alpha value is -1.84. The van der Waals surface area contributed by atoms with E-state index in [1.807, 2.05) is 0 Å². The van der Waals surface area contributed by atoms with Gasteiger partial charge in [-0.3, -0.25) is 4.79 Å². The van der Waals surface area contributed by atoms with Crippen molar-refractivity contribution in [1.82, 2.24) is 9.88 Å². The predicted molar refractivity (Wildman–Crippen MR) is 72.7 cm³/mol. The number of pyridine rings is 1. The molecule has 25 heavy (non-hydrogen) atoms. The van der Waals surface area contributed by atoms with Crippen molar-refractivity contribution >= 4 is 5.91 Å². The lowest BCUT2D eigenvalue weighted by molar-refractivity contribution is -0.102. The maximum atomic E-state index is 14.0. The van der Waals surface area contributed by atoms with E-state index >= 15 is 0 Å². The van der Waals surface area contributed by atoms with Crippen LogP contribution < -0.4 is 0 Å². The number of carbonyl (C=O) groups excluding carboxylic acids is 1. The number of hydrogen-bond acceptors (Lipinski definition) is 3. The molecular formula is C15H14F6N2O2. The highest BCUT2D eigenvalue weighted by molar-refractivity contribution is 5.93. The van der Waals surface area contributed by atoms with E-state index in [1.165, 1.54) is 0 Å². The summed E-state index contributed by atoms with van der Waals surface area (Å²) in [7, 11) is 0. The lowest BCUT2D eigenvalue weighted by Gasteiger charge is -2.36. The van der Waals surface area contributed by atoms with Gasteiger partial charge in [-0.2, -0.15) is 0 Å². The van der Waals surface area contributed by atoms with Crippen molar-refractivity contribution in [3.63, 3.8) is 0 Å². The van der Waals surface area contributed by atoms with E-state index in [0.717, 1.165) is 18.2 Å². The zero-order valence-corrected chi connectivity index (χ0v) is 12.7. The van der Waals surface area contributed by atoms with E-state index in [9.17, 15) is 36.2 Å². The molecule has 0 aromatic carbocycles. The summed E-state index contributed by atoms with van der Waals surface area (Å²) in [5, 5.41) is 9.93. The van der Waals surface area contributed by atoms with Gasteiger partial charge in [0, 0.05) is 12.8 Å². The van der Waals surface area contributed by atoms with E-state index in [4.69, 9.17) is 0 Å². The van der Waals surface area contributed by atoms with Crippen LogP contribution in [0.15, 0.2) is 18.2 Å². The monoisotopic (exact) mass is 368 g/mol. The van der Waals surface area contributed by atoms with Crippen LogP contribution in [0.25, 0.3) is 0 Å². The minimum Gasteiger partial charge on any atom is -0.384 e. The van der Waals surface area contributed by atoms with Crippen molar-refractivity contribution in [3.05, 3.63) is 29.6 Å². The molecule has 1 aromatic rings. The highest BCUT2D eigenvalue weighted by Crippen LogP contribution is 2.54. The van der Waals surface area contributed by atoms with Crippen molar-refractivity contribution in [2.24, 2.45) is 0 Å². The number of aromatic nitrogens is 1. The van der Waals surface area contributed by atoms with Gasteiger partial charge in [0.1, 0.15) is 17.5 Å². The Kier molecular flexibility index (Phi) is 4.01. The molecule has 2 atom stereocenters. The summed E-state index contributed by atoms with van der Waals surface area (Å²) in [5.41, 5.74) is -3.44. The number of alkyl halides is 6. The molecule has 1 aromatic heterocycles. The van der Waals surface area contributed by atoms with E-state index in [0.29, 0.717) is 4.90 Å². The van der Waals surface area contributed by atoms with Gasteiger partial charge in [0.15, 0.2) is 0 Å². The molecule has 1 aliphatic heterocycles. The Bertz CT molecular complexity index is 698. The van der Waals surface area contributed by atoms with Gasteiger partial charge in [-0.25, -0.2) is 31.3 Å². The molecule has 10 heteroatoms. The second-order valence-electron chi connectivity index (χ2n) is 6.44. The van der Waals surface area contributed by atoms with Gasteiger partial charge in [0.25, 0.3) is 24.2 Å². The summed E-state index contributed by atoms with van der Waals surface area (Å²) in [6.45, 7) is -1.27. The van der Waals surface area contributed by atoms with Crippen LogP contribution in [0.2, 0.25) is 0 Å². The minimum absolute atomic E-state index is 0.468. The number of aliphatic hydroxyl groups is 1. The number of carbonyl (C=O) groups is 1. The molecule has 3 rings (SSSR count). The van der Waals surface area contributed by atoms with E-state index in [-0.39, 0.29) is 0 Å². The van der Waals surface area contributed by atoms with Gasteiger partial charge in [0.2, 0.25) is 0 Å². The van der Waals surface area contributed by atoms with Crippen LogP contribution in [0.4, 0.5) is 26.3 Å². The van der Waals surface area contributed by atoms with Gasteiger partial charge in [0.05, 0.1) is 12.1 Å². The summed E-state index contributed by atoms with van der Waals surface area (Å²) in [6, 6.07) is 3.09. The van der Waals surface area contributed by atoms with Crippen LogP contribution in [0, 0.1) is 0 Å². The van der Waals surface area contributed by atoms with Crippen LogP contribution in [-0.2, 0) is 0 Å². The van der Waals surface area contributed by atoms with Crippen LogP contribution >= 0.6 is 0 Å². The van der Waals surface area contributed by atoms with Gasteiger partial charge < -0.3 is 10.0 Å². The fraction of sp³-hybridized carbons (Fsp3) is 0.600. The van der Waals surface area contributed by atoms with E-state index in [2.05, 4.69) is 4.98 Å². The number of nitrogens with zero attached hydrogens (tertiary/aromatic N) is 2. The zero-order valence-electron chi connectivity index (χ0n) is 12.7. The summed E-state index contributed by atoms with van der Waals surface area (Å²) < 4.78 is 80.8. The summed E-state index contributed by atoms with van der Waals surface area (Å²) in [5.74, 6) is -8.27. The van der Waals surface area contributed by atoms with Crippen LogP contribution in [-0.4, -0.2) is 50.9 Å². The summed E-state index contributed by atoms with van der Waals surface area (Å²) in [6.07, 6.45) is -7.83. The van der Waals surface area contributed by atoms with Crippen molar-refractivity contribution in [3.8, 4) is 0 Å². The molecule has 0 bridgehead atoms. The standard InChI is InChI=1S/C15H14F6N2O2/c16-10(17)8-2-1-3-9(22-8)11(24)23-7-15(20,21)12(25)13(23)4-5-14(18,19)6-13/h1-3,10,12,25H,4-7H2/t12-,13+/m0/s1. The first-order valence-corrected chi connectivity index (χ1v) is 7.49. The number of hydrogen-bond donors (Lipinski definition) is 1. The maximum Gasteiger partial charge on any atom is 0.292 e. The Labute approximate surface area is 138 Å². The minimum atomic E-state index is -3.78. The number of halogens is 6. The summed E-state index contributed by atoms with van der Waals surface area (Å²) in [4.78, 5) is 16.5. The lowest BCUT2D eigenvalue weighted by atomic mass is 9.89. The second-order valence-corrected chi connectivity index (χ2v) is 6.44. The molecule has 0 radical (unpaired) electrons. The fourth-order valence-electron chi connectivity index (χ4n) is 3.59. The van der Waals surface area contributed by atoms with E-state index in [1.54, 1.807) is 0 Å². The highest BCUT2D eigenvalue weighted by atomic mass is 19.3. The smallest absolute Gasteiger partial charge is 0.292 e. The molecule has 1 N–H and O–H groups in total. The van der Waals surface area contributed by atoms with Crippen LogP contribution in [0.1, 0.15) is 41.9 Å². The Morgan fingerprint density at radius 3 is 2.48 bits per heavy atom. The van der Waals surface area contributed by atoms with Gasteiger partial charge in [-0.1, -0.05) is 6.07 Å². The number of aliphatic hydroxyl groups excluding tert-OH is 1. The second kappa shape index (κ2) is 5.58. The number of likely N-dealkylation sites (tertiary alicyclic amines) is 1. The first-order valence-electron chi connectivity index (χ1n) is 7.49. The van der Waals surface area contributed by atoms with Gasteiger partial charge in [-0.05, 0) is 18.6 Å². The number of amides is 1. The molecule has 1 amide bonds. The highest BCUT2D eigenvalue weighted by Gasteiger charge is 2.69. The third kappa shape index (κ3) is 2.86. The molecule has 4 nitrogen and oxygen atoms in total. The van der Waals surface area contributed by atoms with Crippen LogP contribution in [0.3, 0.4) is 0 Å². The fourth-order valence-corrected chi connectivity index (χ4v) is 3.59. The molecule has 1 spiro atoms. The molecule has 1 aliphatic carbocycles. The Morgan fingerprint density at radius 1 is 1.24 bits per heavy atom. The number of rotatable bonds is 2. The van der Waals surface area contributed by atoms with Crippen molar-refractivity contribution in [2.45, 2.75) is 49.2 Å². The summed E-state index contributed by atoms with van der Waals surface area (Å²) >= 11 is 0. The van der Waals surface area contributed by atoms with Crippen molar-refractivity contribution in [2.75, 3.05) is 6.54 Å². The maximum absolute atomic E-state index is 14.0. The Morgan fingerprint density at radius 2 is 1.92 bits per heavy atom. The van der Waals surface area contributed by atoms with Gasteiger partial charge in [-0.15, -0.1) is 0 Å². The molecule has 0 unspecified atom stereocenters. The quantitative estimate of drug-likeness (QED) is 0.817. The Balaban J connectivity index is 1.99. The third-order valence-electron chi connectivity index (χ3n) is 4.76. The largest absolute Gasteiger partial charge is 0.384 e. The average Bonchev–Trinajstić information content (AvgIpc) is 2.96. The lowest BCUT2D eigenvalue weighted by Crippen LogP contribution is -2.53. The molecule has 1 saturated heterocycles. The third-order valence-corrected chi connectivity index (χ3v) is 4.76. The average molecular weight is 368 g/mol. The SMILES string of the molecule is O=C(c1cccc(C(F)F)n1)N1CC(F)(F)[C@@H](O)[C@]12CCC(F)(F)C2. The first-order chi connectivity index (χ1) is 11.5. The molecule has 138 valence electrons. The molecule has 2 aliphatic rings. The predicted octanol–water partition coefficient (Wildman–Crippen LogP) is 3.03. The topological polar surface area (TPSA) is 53.4 Å². The normalized spacial score (nSPS) is 30.4. The zero-order chi connectivity index (χ0) is 18.6. The molecule has 2 fully saturated rings. The first kappa shape index (κ1) is 18.0. The van der Waals surface area contributed by atoms with Crippen molar-refractivity contribution in [1.29, 1.82) is 0 Å². The molecular weight excluding hydrogens is 354 g/mol. The van der Waals surface area contributed by atoms with E-state index < -0.39 is 73.0 Å². The molecule has 2 heterocycles. The van der Waals surface area contributed by atoms with Crippen LogP contribution in [0.5, 0.6) is 0 Å².